The van der Waals surface area contributed by atoms with E-state index in [2.05, 4.69) is 18.3 Å². The normalized spacial score (nSPS) is 16.6. The van der Waals surface area contributed by atoms with Crippen LogP contribution in [0.3, 0.4) is 0 Å². The number of rotatable bonds is 8. The number of halogens is 2. The standard InChI is InChI=1S/C16H23Cl2N/c1-2-10-19-16(13-7-8-13)5-3-4-12-6-9-14(17)15(18)11-12/h6,9,11,13,16,19H,2-5,7-8,10H2,1H3. The van der Waals surface area contributed by atoms with Gasteiger partial charge in [0, 0.05) is 6.04 Å². The van der Waals surface area contributed by atoms with Crippen molar-refractivity contribution in [3.05, 3.63) is 33.8 Å². The lowest BCUT2D eigenvalue weighted by Crippen LogP contribution is -2.31. The molecule has 0 heterocycles. The molecule has 0 aliphatic heterocycles. The summed E-state index contributed by atoms with van der Waals surface area (Å²) in [6.07, 6.45) is 7.62. The largest absolute Gasteiger partial charge is 0.314 e. The summed E-state index contributed by atoms with van der Waals surface area (Å²) >= 11 is 12.0. The summed E-state index contributed by atoms with van der Waals surface area (Å²) in [5, 5.41) is 5.00. The lowest BCUT2D eigenvalue weighted by atomic mass is 10.0. The maximum atomic E-state index is 6.04. The van der Waals surface area contributed by atoms with Crippen molar-refractivity contribution in [2.75, 3.05) is 6.54 Å². The zero-order valence-corrected chi connectivity index (χ0v) is 13.1. The molecule has 2 rings (SSSR count). The molecule has 0 amide bonds. The molecular weight excluding hydrogens is 277 g/mol. The van der Waals surface area contributed by atoms with Gasteiger partial charge in [-0.3, -0.25) is 0 Å². The van der Waals surface area contributed by atoms with Gasteiger partial charge in [0.05, 0.1) is 10.0 Å². The van der Waals surface area contributed by atoms with Crippen LogP contribution in [0.1, 0.15) is 44.6 Å². The summed E-state index contributed by atoms with van der Waals surface area (Å²) in [6, 6.07) is 6.70. The molecule has 1 aliphatic carbocycles. The fraction of sp³-hybridized carbons (Fsp3) is 0.625. The third kappa shape index (κ3) is 4.98. The van der Waals surface area contributed by atoms with Gasteiger partial charge in [0.2, 0.25) is 0 Å². The van der Waals surface area contributed by atoms with E-state index in [1.807, 2.05) is 12.1 Å². The van der Waals surface area contributed by atoms with E-state index in [9.17, 15) is 0 Å². The number of hydrogen-bond donors (Lipinski definition) is 1. The molecule has 0 spiro atoms. The average molecular weight is 300 g/mol. The molecule has 19 heavy (non-hydrogen) atoms. The molecule has 1 unspecified atom stereocenters. The van der Waals surface area contributed by atoms with Gasteiger partial charge in [-0.2, -0.15) is 0 Å². The third-order valence-corrected chi connectivity index (χ3v) is 4.55. The third-order valence-electron chi connectivity index (χ3n) is 3.81. The monoisotopic (exact) mass is 299 g/mol. The predicted octanol–water partition coefficient (Wildman–Crippen LogP) is 5.09. The summed E-state index contributed by atoms with van der Waals surface area (Å²) in [4.78, 5) is 0. The van der Waals surface area contributed by atoms with Gasteiger partial charge in [-0.15, -0.1) is 0 Å². The average Bonchev–Trinajstić information content (AvgIpc) is 3.22. The quantitative estimate of drug-likeness (QED) is 0.704. The SMILES string of the molecule is CCCNC(CCCc1ccc(Cl)c(Cl)c1)C1CC1. The second-order valence-electron chi connectivity index (χ2n) is 5.54. The molecule has 1 saturated carbocycles. The van der Waals surface area contributed by atoms with Crippen molar-refractivity contribution < 1.29 is 0 Å². The smallest absolute Gasteiger partial charge is 0.0595 e. The van der Waals surface area contributed by atoms with E-state index in [1.165, 1.54) is 37.7 Å². The maximum Gasteiger partial charge on any atom is 0.0595 e. The molecule has 1 nitrogen and oxygen atoms in total. The number of benzene rings is 1. The topological polar surface area (TPSA) is 12.0 Å². The van der Waals surface area contributed by atoms with E-state index in [0.29, 0.717) is 10.0 Å². The molecule has 1 fully saturated rings. The highest BCUT2D eigenvalue weighted by molar-refractivity contribution is 6.42. The zero-order valence-electron chi connectivity index (χ0n) is 11.6. The first-order valence-corrected chi connectivity index (χ1v) is 8.13. The van der Waals surface area contributed by atoms with Crippen LogP contribution < -0.4 is 5.32 Å². The minimum atomic E-state index is 0.644. The Morgan fingerprint density at radius 1 is 1.26 bits per heavy atom. The molecule has 0 aromatic heterocycles. The Hall–Kier alpha value is -0.240. The molecule has 1 atom stereocenters. The summed E-state index contributed by atoms with van der Waals surface area (Å²) in [6.45, 7) is 3.38. The van der Waals surface area contributed by atoms with Crippen molar-refractivity contribution in [2.24, 2.45) is 5.92 Å². The molecule has 1 N–H and O–H groups in total. The van der Waals surface area contributed by atoms with Crippen LogP contribution in [0.15, 0.2) is 18.2 Å². The Bertz CT molecular complexity index is 402. The summed E-state index contributed by atoms with van der Waals surface area (Å²) in [7, 11) is 0. The minimum absolute atomic E-state index is 0.644. The van der Waals surface area contributed by atoms with Gasteiger partial charge >= 0.3 is 0 Å². The highest BCUT2D eigenvalue weighted by Gasteiger charge is 2.29. The maximum absolute atomic E-state index is 6.04. The first kappa shape index (κ1) is 15.2. The van der Waals surface area contributed by atoms with Crippen molar-refractivity contribution in [3.8, 4) is 0 Å². The fourth-order valence-corrected chi connectivity index (χ4v) is 2.87. The van der Waals surface area contributed by atoms with Crippen LogP contribution in [0.4, 0.5) is 0 Å². The van der Waals surface area contributed by atoms with Crippen molar-refractivity contribution >= 4 is 23.2 Å². The zero-order chi connectivity index (χ0) is 13.7. The van der Waals surface area contributed by atoms with E-state index in [1.54, 1.807) is 0 Å². The van der Waals surface area contributed by atoms with Gasteiger partial charge in [-0.05, 0) is 68.7 Å². The van der Waals surface area contributed by atoms with E-state index in [0.717, 1.165) is 24.9 Å². The number of hydrogen-bond acceptors (Lipinski definition) is 1. The highest BCUT2D eigenvalue weighted by Crippen LogP contribution is 2.34. The second kappa shape index (κ2) is 7.52. The van der Waals surface area contributed by atoms with Crippen molar-refractivity contribution in [1.82, 2.24) is 5.32 Å². The van der Waals surface area contributed by atoms with Crippen LogP contribution in [-0.2, 0) is 6.42 Å². The van der Waals surface area contributed by atoms with Crippen LogP contribution >= 0.6 is 23.2 Å². The Morgan fingerprint density at radius 2 is 2.05 bits per heavy atom. The van der Waals surface area contributed by atoms with Gasteiger partial charge in [-0.25, -0.2) is 0 Å². The first-order valence-electron chi connectivity index (χ1n) is 7.38. The summed E-state index contributed by atoms with van der Waals surface area (Å²) in [5.74, 6) is 0.931. The molecule has 0 bridgehead atoms. The van der Waals surface area contributed by atoms with Crippen LogP contribution in [0.5, 0.6) is 0 Å². The Labute approximate surface area is 126 Å². The van der Waals surface area contributed by atoms with Gasteiger partial charge in [0.1, 0.15) is 0 Å². The molecule has 0 radical (unpaired) electrons. The van der Waals surface area contributed by atoms with Crippen molar-refractivity contribution in [1.29, 1.82) is 0 Å². The van der Waals surface area contributed by atoms with E-state index in [4.69, 9.17) is 23.2 Å². The number of nitrogens with one attached hydrogen (secondary N) is 1. The van der Waals surface area contributed by atoms with Crippen molar-refractivity contribution in [2.45, 2.75) is 51.5 Å². The number of aryl methyl sites for hydroxylation is 1. The Morgan fingerprint density at radius 3 is 2.68 bits per heavy atom. The van der Waals surface area contributed by atoms with Crippen LogP contribution in [-0.4, -0.2) is 12.6 Å². The molecule has 0 saturated heterocycles. The van der Waals surface area contributed by atoms with Gasteiger partial charge < -0.3 is 5.32 Å². The van der Waals surface area contributed by atoms with Crippen LogP contribution in [0, 0.1) is 5.92 Å². The predicted molar refractivity (Wildman–Crippen MR) is 84.2 cm³/mol. The molecule has 1 aromatic rings. The molecule has 106 valence electrons. The Kier molecular flexibility index (Phi) is 6.00. The van der Waals surface area contributed by atoms with E-state index >= 15 is 0 Å². The van der Waals surface area contributed by atoms with E-state index < -0.39 is 0 Å². The Balaban J connectivity index is 1.76. The molecule has 1 aromatic carbocycles. The second-order valence-corrected chi connectivity index (χ2v) is 6.35. The van der Waals surface area contributed by atoms with Crippen molar-refractivity contribution in [3.63, 3.8) is 0 Å². The summed E-state index contributed by atoms with van der Waals surface area (Å²) < 4.78 is 0. The van der Waals surface area contributed by atoms with E-state index in [-0.39, 0.29) is 0 Å². The van der Waals surface area contributed by atoms with Gasteiger partial charge in [0.15, 0.2) is 0 Å². The molecular formula is C16H23Cl2N. The molecule has 1 aliphatic rings. The molecule has 3 heteroatoms. The fourth-order valence-electron chi connectivity index (χ4n) is 2.55. The lowest BCUT2D eigenvalue weighted by Gasteiger charge is -2.17. The lowest BCUT2D eigenvalue weighted by molar-refractivity contribution is 0.425. The van der Waals surface area contributed by atoms with Gasteiger partial charge in [-0.1, -0.05) is 36.2 Å². The van der Waals surface area contributed by atoms with Gasteiger partial charge in [0.25, 0.3) is 0 Å². The van der Waals surface area contributed by atoms with Crippen LogP contribution in [0.25, 0.3) is 0 Å². The highest BCUT2D eigenvalue weighted by atomic mass is 35.5. The first-order chi connectivity index (χ1) is 9.20. The van der Waals surface area contributed by atoms with Crippen LogP contribution in [0.2, 0.25) is 10.0 Å². The summed E-state index contributed by atoms with van der Waals surface area (Å²) in [5.41, 5.74) is 1.29. The minimum Gasteiger partial charge on any atom is -0.314 e.